The number of carboxylic acid groups (broad SMARTS) is 1. The Morgan fingerprint density at radius 1 is 0.733 bits per heavy atom. The van der Waals surface area contributed by atoms with E-state index in [1.54, 1.807) is 24.3 Å². The Morgan fingerprint density at radius 2 is 1.10 bits per heavy atom. The SMILES string of the molecule is CCCN(C)c1ccc(N=Nc2ccc(N=Nc3ccc(C(=O)O)cc3)cc2)cc1. The molecule has 3 rings (SSSR count). The quantitative estimate of drug-likeness (QED) is 0.410. The van der Waals surface area contributed by atoms with Crippen LogP contribution in [-0.2, 0) is 0 Å². The average Bonchev–Trinajstić information content (AvgIpc) is 2.78. The predicted octanol–water partition coefficient (Wildman–Crippen LogP) is 7.06. The predicted molar refractivity (Wildman–Crippen MR) is 118 cm³/mol. The van der Waals surface area contributed by atoms with E-state index in [4.69, 9.17) is 5.11 Å². The van der Waals surface area contributed by atoms with Crippen molar-refractivity contribution in [2.24, 2.45) is 20.5 Å². The third-order valence-electron chi connectivity index (χ3n) is 4.38. The minimum Gasteiger partial charge on any atom is -0.478 e. The summed E-state index contributed by atoms with van der Waals surface area (Å²) in [4.78, 5) is 13.1. The van der Waals surface area contributed by atoms with Crippen LogP contribution in [0.1, 0.15) is 23.7 Å². The first-order valence-electron chi connectivity index (χ1n) is 9.63. The van der Waals surface area contributed by atoms with Crippen molar-refractivity contribution in [3.05, 3.63) is 78.4 Å². The van der Waals surface area contributed by atoms with Crippen molar-refractivity contribution >= 4 is 34.4 Å². The van der Waals surface area contributed by atoms with Gasteiger partial charge in [0.05, 0.1) is 28.3 Å². The van der Waals surface area contributed by atoms with E-state index in [0.717, 1.165) is 24.3 Å². The van der Waals surface area contributed by atoms with Crippen LogP contribution in [-0.4, -0.2) is 24.7 Å². The van der Waals surface area contributed by atoms with Gasteiger partial charge in [0.15, 0.2) is 0 Å². The molecular weight excluding hydrogens is 378 g/mol. The fourth-order valence-electron chi connectivity index (χ4n) is 2.73. The van der Waals surface area contributed by atoms with Gasteiger partial charge in [-0.1, -0.05) is 6.92 Å². The van der Waals surface area contributed by atoms with Crippen LogP contribution in [0.2, 0.25) is 0 Å². The standard InChI is InChI=1S/C23H23N5O2/c1-3-16-28(2)22-14-12-21(13-15-22)27-26-20-10-8-19(9-11-20)25-24-18-6-4-17(5-7-18)23(29)30/h4-15H,3,16H2,1-2H3,(H,29,30). The summed E-state index contributed by atoms with van der Waals surface area (Å²) in [5.41, 5.74) is 4.12. The Kier molecular flexibility index (Phi) is 7.00. The number of rotatable bonds is 8. The molecule has 0 unspecified atom stereocenters. The van der Waals surface area contributed by atoms with Gasteiger partial charge in [0, 0.05) is 19.3 Å². The van der Waals surface area contributed by atoms with Crippen LogP contribution in [0.5, 0.6) is 0 Å². The maximum Gasteiger partial charge on any atom is 0.335 e. The highest BCUT2D eigenvalue weighted by Crippen LogP contribution is 2.24. The molecule has 0 aliphatic heterocycles. The fourth-order valence-corrected chi connectivity index (χ4v) is 2.73. The van der Waals surface area contributed by atoms with Crippen molar-refractivity contribution in [2.45, 2.75) is 13.3 Å². The Morgan fingerprint density at radius 3 is 1.47 bits per heavy atom. The number of benzene rings is 3. The molecule has 0 spiro atoms. The molecule has 3 aromatic rings. The number of aromatic carboxylic acids is 1. The number of carboxylic acids is 1. The lowest BCUT2D eigenvalue weighted by Gasteiger charge is -2.17. The Labute approximate surface area is 175 Å². The van der Waals surface area contributed by atoms with Crippen LogP contribution in [0.3, 0.4) is 0 Å². The maximum atomic E-state index is 10.9. The third-order valence-corrected chi connectivity index (χ3v) is 4.38. The number of carbonyl (C=O) groups is 1. The van der Waals surface area contributed by atoms with E-state index in [-0.39, 0.29) is 5.56 Å². The molecule has 30 heavy (non-hydrogen) atoms. The summed E-state index contributed by atoms with van der Waals surface area (Å²) in [5, 5.41) is 25.7. The summed E-state index contributed by atoms with van der Waals surface area (Å²) in [7, 11) is 2.07. The highest BCUT2D eigenvalue weighted by molar-refractivity contribution is 5.87. The Balaban J connectivity index is 1.60. The molecule has 0 amide bonds. The van der Waals surface area contributed by atoms with Crippen molar-refractivity contribution < 1.29 is 9.90 Å². The number of hydrogen-bond acceptors (Lipinski definition) is 6. The van der Waals surface area contributed by atoms with Gasteiger partial charge < -0.3 is 10.0 Å². The van der Waals surface area contributed by atoms with Crippen molar-refractivity contribution in [2.75, 3.05) is 18.5 Å². The number of hydrogen-bond donors (Lipinski definition) is 1. The van der Waals surface area contributed by atoms with Crippen molar-refractivity contribution in [3.8, 4) is 0 Å². The van der Waals surface area contributed by atoms with E-state index in [9.17, 15) is 4.79 Å². The molecule has 0 saturated carbocycles. The third kappa shape index (κ3) is 5.81. The summed E-state index contributed by atoms with van der Waals surface area (Å²) in [6, 6.07) is 21.4. The van der Waals surface area contributed by atoms with Crippen molar-refractivity contribution in [3.63, 3.8) is 0 Å². The van der Waals surface area contributed by atoms with Gasteiger partial charge >= 0.3 is 5.97 Å². The van der Waals surface area contributed by atoms with Crippen LogP contribution in [0.15, 0.2) is 93.3 Å². The summed E-state index contributed by atoms with van der Waals surface area (Å²) in [6.07, 6.45) is 1.10. The van der Waals surface area contributed by atoms with Gasteiger partial charge in [-0.2, -0.15) is 20.5 Å². The first kappa shape index (κ1) is 20.9. The van der Waals surface area contributed by atoms with Crippen LogP contribution in [0, 0.1) is 0 Å². The molecule has 0 aliphatic carbocycles. The molecular formula is C23H23N5O2. The molecule has 0 atom stereocenters. The first-order valence-corrected chi connectivity index (χ1v) is 9.63. The molecule has 7 heteroatoms. The first-order chi connectivity index (χ1) is 14.5. The summed E-state index contributed by atoms with van der Waals surface area (Å²) < 4.78 is 0. The molecule has 0 saturated heterocycles. The lowest BCUT2D eigenvalue weighted by Crippen LogP contribution is -2.17. The highest BCUT2D eigenvalue weighted by Gasteiger charge is 2.01. The minimum atomic E-state index is -0.969. The van der Waals surface area contributed by atoms with Crippen LogP contribution in [0.25, 0.3) is 0 Å². The van der Waals surface area contributed by atoms with Gasteiger partial charge in [0.25, 0.3) is 0 Å². The molecule has 0 bridgehead atoms. The van der Waals surface area contributed by atoms with Crippen LogP contribution >= 0.6 is 0 Å². The molecule has 0 aromatic heterocycles. The van der Waals surface area contributed by atoms with Gasteiger partial charge in [-0.25, -0.2) is 4.79 Å². The van der Waals surface area contributed by atoms with Crippen LogP contribution in [0.4, 0.5) is 28.4 Å². The molecule has 0 radical (unpaired) electrons. The van der Waals surface area contributed by atoms with Gasteiger partial charge in [-0.05, 0) is 79.2 Å². The second-order valence-electron chi connectivity index (χ2n) is 6.71. The largest absolute Gasteiger partial charge is 0.478 e. The molecule has 0 heterocycles. The zero-order valence-electron chi connectivity index (χ0n) is 16.9. The Hall–Kier alpha value is -3.87. The van der Waals surface area contributed by atoms with Crippen LogP contribution < -0.4 is 4.90 Å². The number of nitrogens with zero attached hydrogens (tertiary/aromatic N) is 5. The van der Waals surface area contributed by atoms with E-state index in [1.165, 1.54) is 12.1 Å². The summed E-state index contributed by atoms with van der Waals surface area (Å²) in [5.74, 6) is -0.969. The van der Waals surface area contributed by atoms with Crippen molar-refractivity contribution in [1.29, 1.82) is 0 Å². The topological polar surface area (TPSA) is 90.0 Å². The average molecular weight is 401 g/mol. The summed E-state index contributed by atoms with van der Waals surface area (Å²) >= 11 is 0. The van der Waals surface area contributed by atoms with Gasteiger partial charge in [0.1, 0.15) is 0 Å². The van der Waals surface area contributed by atoms with E-state index in [2.05, 4.69) is 39.3 Å². The van der Waals surface area contributed by atoms with E-state index in [1.807, 2.05) is 36.4 Å². The lowest BCUT2D eigenvalue weighted by atomic mass is 10.2. The van der Waals surface area contributed by atoms with Gasteiger partial charge in [-0.15, -0.1) is 0 Å². The molecule has 3 aromatic carbocycles. The fraction of sp³-hybridized carbons (Fsp3) is 0.174. The molecule has 1 N–H and O–H groups in total. The van der Waals surface area contributed by atoms with Gasteiger partial charge in [-0.3, -0.25) is 0 Å². The van der Waals surface area contributed by atoms with E-state index in [0.29, 0.717) is 17.1 Å². The highest BCUT2D eigenvalue weighted by atomic mass is 16.4. The molecule has 0 aliphatic rings. The Bertz CT molecular complexity index is 1030. The smallest absolute Gasteiger partial charge is 0.335 e. The number of anilines is 1. The normalized spacial score (nSPS) is 11.3. The second kappa shape index (κ2) is 10.1. The zero-order chi connectivity index (χ0) is 21.3. The molecule has 0 fully saturated rings. The van der Waals surface area contributed by atoms with Gasteiger partial charge in [0.2, 0.25) is 0 Å². The molecule has 7 nitrogen and oxygen atoms in total. The second-order valence-corrected chi connectivity index (χ2v) is 6.71. The molecule has 152 valence electrons. The zero-order valence-corrected chi connectivity index (χ0v) is 16.9. The lowest BCUT2D eigenvalue weighted by molar-refractivity contribution is 0.0697. The van der Waals surface area contributed by atoms with Crippen molar-refractivity contribution in [1.82, 2.24) is 0 Å². The van der Waals surface area contributed by atoms with E-state index >= 15 is 0 Å². The monoisotopic (exact) mass is 401 g/mol. The van der Waals surface area contributed by atoms with E-state index < -0.39 is 5.97 Å². The maximum absolute atomic E-state index is 10.9. The summed E-state index contributed by atoms with van der Waals surface area (Å²) in [6.45, 7) is 3.17. The number of azo groups is 2. The minimum absolute atomic E-state index is 0.214.